The molecule has 0 aliphatic carbocycles. The largest absolute Gasteiger partial charge is 0.496 e. The van der Waals surface area contributed by atoms with Gasteiger partial charge in [0.25, 0.3) is 0 Å². The molecule has 0 aliphatic rings. The normalized spacial score (nSPS) is 13.1. The van der Waals surface area contributed by atoms with Crippen LogP contribution >= 0.6 is 0 Å². The predicted molar refractivity (Wildman–Crippen MR) is 86.3 cm³/mol. The molecule has 22 heavy (non-hydrogen) atoms. The molecule has 0 fully saturated rings. The van der Waals surface area contributed by atoms with Crippen molar-refractivity contribution < 1.29 is 13.4 Å². The number of hydrogen-bond donors (Lipinski definition) is 0. The van der Waals surface area contributed by atoms with E-state index in [1.807, 2.05) is 45.9 Å². The first-order valence-electron chi connectivity index (χ1n) is 7.11. The molecular formula is C16H22N2O3S. The van der Waals surface area contributed by atoms with E-state index in [-0.39, 0.29) is 11.2 Å². The molecule has 1 atom stereocenters. The quantitative estimate of drug-likeness (QED) is 0.846. The smallest absolute Gasteiger partial charge is 0.229 e. The van der Waals surface area contributed by atoms with E-state index in [0.29, 0.717) is 17.5 Å². The molecule has 5 nitrogen and oxygen atoms in total. The fourth-order valence-corrected chi connectivity index (χ4v) is 3.06. The molecule has 1 aromatic heterocycles. The lowest BCUT2D eigenvalue weighted by molar-refractivity contribution is 0.378. The predicted octanol–water partition coefficient (Wildman–Crippen LogP) is 3.13. The Bertz CT molecular complexity index is 674. The van der Waals surface area contributed by atoms with E-state index in [1.165, 1.54) is 0 Å². The Morgan fingerprint density at radius 2 is 1.95 bits per heavy atom. The monoisotopic (exact) mass is 322 g/mol. The molecule has 1 unspecified atom stereocenters. The van der Waals surface area contributed by atoms with Crippen LogP contribution < -0.4 is 4.74 Å². The summed E-state index contributed by atoms with van der Waals surface area (Å²) >= 11 is 0. The van der Waals surface area contributed by atoms with Gasteiger partial charge in [0.15, 0.2) is 0 Å². The van der Waals surface area contributed by atoms with Crippen LogP contribution in [0.2, 0.25) is 0 Å². The highest BCUT2D eigenvalue weighted by atomic mass is 32.2. The van der Waals surface area contributed by atoms with Crippen molar-refractivity contribution in [3.63, 3.8) is 0 Å². The number of hydrogen-bond acceptors (Lipinski definition) is 5. The summed E-state index contributed by atoms with van der Waals surface area (Å²) in [6.45, 7) is 8.00. The van der Waals surface area contributed by atoms with Gasteiger partial charge >= 0.3 is 0 Å². The van der Waals surface area contributed by atoms with Crippen LogP contribution in [0.25, 0.3) is 0 Å². The van der Waals surface area contributed by atoms with Crippen molar-refractivity contribution in [3.8, 4) is 5.75 Å². The minimum atomic E-state index is -1.13. The van der Waals surface area contributed by atoms with Crippen LogP contribution in [0, 0.1) is 6.92 Å². The molecule has 0 N–H and O–H groups in total. The fourth-order valence-electron chi connectivity index (χ4n) is 2.00. The van der Waals surface area contributed by atoms with Crippen molar-refractivity contribution >= 4 is 10.8 Å². The minimum Gasteiger partial charge on any atom is -0.496 e. The van der Waals surface area contributed by atoms with Gasteiger partial charge in [-0.1, -0.05) is 38.5 Å². The van der Waals surface area contributed by atoms with Gasteiger partial charge in [-0.2, -0.15) is 0 Å². The first-order valence-corrected chi connectivity index (χ1v) is 8.60. The highest BCUT2D eigenvalue weighted by molar-refractivity contribution is 7.83. The van der Waals surface area contributed by atoms with Crippen LogP contribution in [0.3, 0.4) is 0 Å². The second kappa shape index (κ2) is 6.60. The average molecular weight is 322 g/mol. The van der Waals surface area contributed by atoms with Crippen molar-refractivity contribution in [2.45, 2.75) is 44.6 Å². The van der Waals surface area contributed by atoms with E-state index >= 15 is 0 Å². The van der Waals surface area contributed by atoms with Crippen LogP contribution in [0.15, 0.2) is 22.6 Å². The Morgan fingerprint density at radius 3 is 2.55 bits per heavy atom. The molecule has 0 amide bonds. The summed E-state index contributed by atoms with van der Waals surface area (Å²) in [6, 6.07) is 5.86. The third-order valence-corrected chi connectivity index (χ3v) is 4.35. The van der Waals surface area contributed by atoms with E-state index in [1.54, 1.807) is 7.11 Å². The molecule has 0 saturated carbocycles. The van der Waals surface area contributed by atoms with Crippen LogP contribution in [-0.2, 0) is 27.7 Å². The molecule has 2 aromatic rings. The van der Waals surface area contributed by atoms with E-state index < -0.39 is 10.8 Å². The molecule has 0 saturated heterocycles. The molecule has 6 heteroatoms. The standard InChI is InChI=1S/C16H22N2O3S/c1-11-6-7-13(20-5)12(8-11)9-22(19)10-14-17-18-15(21-14)16(2,3)4/h6-8H,9-10H2,1-5H3. The lowest BCUT2D eigenvalue weighted by atomic mass is 9.97. The fraction of sp³-hybridized carbons (Fsp3) is 0.500. The van der Waals surface area contributed by atoms with E-state index in [0.717, 1.165) is 16.9 Å². The number of benzene rings is 1. The van der Waals surface area contributed by atoms with E-state index in [2.05, 4.69) is 10.2 Å². The van der Waals surface area contributed by atoms with Gasteiger partial charge < -0.3 is 9.15 Å². The van der Waals surface area contributed by atoms with Crippen molar-refractivity contribution in [3.05, 3.63) is 41.1 Å². The third kappa shape index (κ3) is 4.16. The number of rotatable bonds is 5. The first kappa shape index (κ1) is 16.7. The van der Waals surface area contributed by atoms with Crippen LogP contribution in [0.4, 0.5) is 0 Å². The SMILES string of the molecule is COc1ccc(C)cc1CS(=O)Cc1nnc(C(C)(C)C)o1. The molecule has 1 aromatic carbocycles. The number of aryl methyl sites for hydroxylation is 1. The van der Waals surface area contributed by atoms with Gasteiger partial charge in [0.05, 0.1) is 12.9 Å². The van der Waals surface area contributed by atoms with Gasteiger partial charge in [-0.3, -0.25) is 4.21 Å². The number of nitrogens with zero attached hydrogens (tertiary/aromatic N) is 2. The summed E-state index contributed by atoms with van der Waals surface area (Å²) in [7, 11) is 0.484. The molecule has 0 aliphatic heterocycles. The van der Waals surface area contributed by atoms with Gasteiger partial charge in [0.1, 0.15) is 11.5 Å². The van der Waals surface area contributed by atoms with E-state index in [4.69, 9.17) is 9.15 Å². The summed E-state index contributed by atoms with van der Waals surface area (Å²) in [5.41, 5.74) is 1.84. The Balaban J connectivity index is 2.07. The van der Waals surface area contributed by atoms with Crippen LogP contribution in [0.1, 0.15) is 43.7 Å². The van der Waals surface area contributed by atoms with Crippen molar-refractivity contribution in [1.29, 1.82) is 0 Å². The lowest BCUT2D eigenvalue weighted by Gasteiger charge is -2.11. The maximum atomic E-state index is 12.3. The molecular weight excluding hydrogens is 300 g/mol. The molecule has 0 spiro atoms. The van der Waals surface area contributed by atoms with E-state index in [9.17, 15) is 4.21 Å². The molecule has 0 bridgehead atoms. The van der Waals surface area contributed by atoms with Crippen molar-refractivity contribution in [1.82, 2.24) is 10.2 Å². The van der Waals surface area contributed by atoms with Crippen LogP contribution in [-0.4, -0.2) is 21.5 Å². The first-order chi connectivity index (χ1) is 10.3. The molecule has 1 heterocycles. The highest BCUT2D eigenvalue weighted by Crippen LogP contribution is 2.23. The summed E-state index contributed by atoms with van der Waals surface area (Å²) in [5, 5.41) is 8.00. The molecule has 120 valence electrons. The van der Waals surface area contributed by atoms with Gasteiger partial charge in [0.2, 0.25) is 11.8 Å². The number of ether oxygens (including phenoxy) is 1. The maximum absolute atomic E-state index is 12.3. The van der Waals surface area contributed by atoms with Gasteiger partial charge in [-0.15, -0.1) is 10.2 Å². The zero-order valence-electron chi connectivity index (χ0n) is 13.7. The second-order valence-corrected chi connectivity index (χ2v) is 7.75. The average Bonchev–Trinajstić information content (AvgIpc) is 2.87. The number of aromatic nitrogens is 2. The Labute approximate surface area is 133 Å². The summed E-state index contributed by atoms with van der Waals surface area (Å²) < 4.78 is 23.3. The van der Waals surface area contributed by atoms with Crippen LogP contribution in [0.5, 0.6) is 5.75 Å². The Kier molecular flexibility index (Phi) is 5.01. The summed E-state index contributed by atoms with van der Waals surface area (Å²) in [6.07, 6.45) is 0. The Morgan fingerprint density at radius 1 is 1.23 bits per heavy atom. The van der Waals surface area contributed by atoms with Crippen molar-refractivity contribution in [2.24, 2.45) is 0 Å². The van der Waals surface area contributed by atoms with Gasteiger partial charge in [-0.05, 0) is 13.0 Å². The number of methoxy groups -OCH3 is 1. The van der Waals surface area contributed by atoms with Crippen molar-refractivity contribution in [2.75, 3.05) is 7.11 Å². The zero-order valence-corrected chi connectivity index (χ0v) is 14.5. The maximum Gasteiger partial charge on any atom is 0.229 e. The minimum absolute atomic E-state index is 0.202. The third-order valence-electron chi connectivity index (χ3n) is 3.15. The van der Waals surface area contributed by atoms with Gasteiger partial charge in [-0.25, -0.2) is 0 Å². The summed E-state index contributed by atoms with van der Waals surface area (Å²) in [4.78, 5) is 0. The lowest BCUT2D eigenvalue weighted by Crippen LogP contribution is -2.11. The zero-order chi connectivity index (χ0) is 16.3. The highest BCUT2D eigenvalue weighted by Gasteiger charge is 2.22. The molecule has 0 radical (unpaired) electrons. The Hall–Kier alpha value is -1.69. The summed E-state index contributed by atoms with van der Waals surface area (Å²) in [5.74, 6) is 2.38. The van der Waals surface area contributed by atoms with Gasteiger partial charge in [0, 0.05) is 21.8 Å². The second-order valence-electron chi connectivity index (χ2n) is 6.29. The molecule has 2 rings (SSSR count). The topological polar surface area (TPSA) is 65.2 Å².